The third-order valence-corrected chi connectivity index (χ3v) is 7.82. The van der Waals surface area contributed by atoms with Crippen LogP contribution in [0, 0.1) is 23.1 Å². The highest BCUT2D eigenvalue weighted by Gasteiger charge is 2.30. The summed E-state index contributed by atoms with van der Waals surface area (Å²) in [6.45, 7) is 0.0909. The number of nitrogens with one attached hydrogen (secondary N) is 1. The van der Waals surface area contributed by atoms with Gasteiger partial charge in [0.15, 0.2) is 0 Å². The average molecular weight is 662 g/mol. The largest absolute Gasteiger partial charge is 0.462 e. The number of piperidine rings is 1. The molecule has 244 valence electrons. The molecule has 0 atom stereocenters. The van der Waals surface area contributed by atoms with Crippen molar-refractivity contribution in [3.05, 3.63) is 88.6 Å². The molecular formula is C30H30F3N5O7S. The van der Waals surface area contributed by atoms with Crippen LogP contribution in [0.15, 0.2) is 54.9 Å². The Morgan fingerprint density at radius 2 is 1.78 bits per heavy atom. The van der Waals surface area contributed by atoms with Gasteiger partial charge in [0.2, 0.25) is 22.8 Å². The zero-order valence-corrected chi connectivity index (χ0v) is 25.4. The molecule has 0 unspecified atom stereocenters. The third kappa shape index (κ3) is 9.99. The average Bonchev–Trinajstić information content (AvgIpc) is 3.05. The second-order valence-corrected chi connectivity index (χ2v) is 11.4. The molecule has 0 aliphatic carbocycles. The number of hydrogen-bond acceptors (Lipinski definition) is 11. The minimum atomic E-state index is -3.98. The van der Waals surface area contributed by atoms with Crippen molar-refractivity contribution < 1.29 is 45.4 Å². The minimum absolute atomic E-state index is 0.0648. The topological polar surface area (TPSA) is 169 Å². The van der Waals surface area contributed by atoms with E-state index in [0.29, 0.717) is 5.56 Å². The number of ether oxygens (including phenoxy) is 2. The Hall–Kier alpha value is -5.04. The number of carbonyl (C=O) groups excluding carboxylic acids is 3. The van der Waals surface area contributed by atoms with E-state index in [2.05, 4.69) is 19.4 Å². The van der Waals surface area contributed by atoms with Gasteiger partial charge in [-0.25, -0.2) is 36.2 Å². The summed E-state index contributed by atoms with van der Waals surface area (Å²) in [5.41, 5.74) is 0.395. The molecule has 1 aliphatic heterocycles. The van der Waals surface area contributed by atoms with E-state index in [9.17, 15) is 41.2 Å². The zero-order chi connectivity index (χ0) is 33.7. The highest BCUT2D eigenvalue weighted by molar-refractivity contribution is 7.89. The van der Waals surface area contributed by atoms with Crippen molar-refractivity contribution in [3.8, 4) is 6.07 Å². The predicted octanol–water partition coefficient (Wildman–Crippen LogP) is 3.77. The normalized spacial score (nSPS) is 13.1. The summed E-state index contributed by atoms with van der Waals surface area (Å²) in [7, 11) is -3.98. The molecule has 1 aromatic carbocycles. The van der Waals surface area contributed by atoms with Crippen LogP contribution in [-0.2, 0) is 36.7 Å². The summed E-state index contributed by atoms with van der Waals surface area (Å²) in [4.78, 5) is 44.9. The van der Waals surface area contributed by atoms with Gasteiger partial charge in [0.25, 0.3) is 0 Å². The lowest BCUT2D eigenvalue weighted by Gasteiger charge is -2.32. The van der Waals surface area contributed by atoms with E-state index in [1.54, 1.807) is 17.9 Å². The molecule has 3 heterocycles. The van der Waals surface area contributed by atoms with Gasteiger partial charge in [-0.3, -0.25) is 14.5 Å². The first-order valence-corrected chi connectivity index (χ1v) is 15.5. The van der Waals surface area contributed by atoms with Gasteiger partial charge in [-0.15, -0.1) is 0 Å². The molecule has 0 spiro atoms. The van der Waals surface area contributed by atoms with Crippen molar-refractivity contribution >= 4 is 33.7 Å². The number of sulfonamides is 1. The van der Waals surface area contributed by atoms with E-state index >= 15 is 0 Å². The van der Waals surface area contributed by atoms with Crippen LogP contribution in [0.25, 0.3) is 0 Å². The van der Waals surface area contributed by atoms with Gasteiger partial charge >= 0.3 is 11.9 Å². The van der Waals surface area contributed by atoms with Crippen molar-refractivity contribution in [2.75, 3.05) is 31.5 Å². The van der Waals surface area contributed by atoms with Gasteiger partial charge in [0.05, 0.1) is 34.7 Å². The molecule has 0 radical (unpaired) electrons. The van der Waals surface area contributed by atoms with E-state index in [0.717, 1.165) is 12.1 Å². The predicted molar refractivity (Wildman–Crippen MR) is 157 cm³/mol. The van der Waals surface area contributed by atoms with Gasteiger partial charge in [-0.05, 0) is 55.7 Å². The molecule has 16 heteroatoms. The lowest BCUT2D eigenvalue weighted by atomic mass is 9.96. The summed E-state index contributed by atoms with van der Waals surface area (Å²) in [5.74, 6) is -3.48. The van der Waals surface area contributed by atoms with E-state index < -0.39 is 58.9 Å². The van der Waals surface area contributed by atoms with E-state index in [1.165, 1.54) is 36.7 Å². The second kappa shape index (κ2) is 16.9. The number of pyridine rings is 2. The molecular weight excluding hydrogens is 631 g/mol. The van der Waals surface area contributed by atoms with Crippen LogP contribution >= 0.6 is 0 Å². The maximum atomic E-state index is 13.6. The van der Waals surface area contributed by atoms with Crippen LogP contribution in [0.1, 0.15) is 57.3 Å². The Morgan fingerprint density at radius 1 is 1.09 bits per heavy atom. The first kappa shape index (κ1) is 35.4. The highest BCUT2D eigenvalue weighted by atomic mass is 32.2. The molecule has 1 N–H and O–H groups in total. The summed E-state index contributed by atoms with van der Waals surface area (Å²) in [6.07, 6.45) is 3.38. The number of nitrogens with zero attached hydrogens (tertiary/aromatic N) is 4. The molecule has 1 aliphatic rings. The Balaban J connectivity index is 0.000000441. The van der Waals surface area contributed by atoms with Crippen LogP contribution < -0.4 is 9.62 Å². The summed E-state index contributed by atoms with van der Waals surface area (Å²) < 4.78 is 73.8. The van der Waals surface area contributed by atoms with Gasteiger partial charge in [-0.1, -0.05) is 12.1 Å². The van der Waals surface area contributed by atoms with Crippen molar-refractivity contribution in [1.82, 2.24) is 14.7 Å². The number of esters is 2. The SMILES string of the molecule is CCOC(=O)c1cc(C#N)c(N2CCC(C(=O)NS(=O)(=O)Cc3ccc(F)cc3)CC2)nc1CF.O=C(OCF)c1cccnc1. The highest BCUT2D eigenvalue weighted by Crippen LogP contribution is 2.27. The lowest BCUT2D eigenvalue weighted by molar-refractivity contribution is -0.123. The monoisotopic (exact) mass is 661 g/mol. The van der Waals surface area contributed by atoms with E-state index in [-0.39, 0.29) is 60.7 Å². The number of alkyl halides is 2. The summed E-state index contributed by atoms with van der Waals surface area (Å²) in [5, 5.41) is 9.54. The lowest BCUT2D eigenvalue weighted by Crippen LogP contribution is -2.43. The number of amides is 1. The number of anilines is 1. The van der Waals surface area contributed by atoms with Crippen LogP contribution in [0.4, 0.5) is 19.0 Å². The number of aromatic nitrogens is 2. The van der Waals surface area contributed by atoms with Gasteiger partial charge in [0, 0.05) is 31.4 Å². The number of benzene rings is 1. The van der Waals surface area contributed by atoms with Crippen molar-refractivity contribution in [2.45, 2.75) is 32.2 Å². The molecule has 1 fully saturated rings. The number of hydrogen-bond donors (Lipinski definition) is 1. The summed E-state index contributed by atoms with van der Waals surface area (Å²) in [6, 6.07) is 11.2. The number of halogens is 3. The molecule has 1 saturated heterocycles. The van der Waals surface area contributed by atoms with Crippen LogP contribution in [0.2, 0.25) is 0 Å². The maximum absolute atomic E-state index is 13.6. The van der Waals surface area contributed by atoms with Gasteiger partial charge in [-0.2, -0.15) is 5.26 Å². The fourth-order valence-electron chi connectivity index (χ4n) is 4.39. The van der Waals surface area contributed by atoms with Crippen LogP contribution in [0.3, 0.4) is 0 Å². The first-order chi connectivity index (χ1) is 22.0. The van der Waals surface area contributed by atoms with E-state index in [1.807, 2.05) is 6.07 Å². The molecule has 2 aromatic heterocycles. The molecule has 3 aromatic rings. The van der Waals surface area contributed by atoms with Gasteiger partial charge < -0.3 is 14.4 Å². The fraction of sp³-hybridized carbons (Fsp3) is 0.333. The molecule has 0 bridgehead atoms. The molecule has 4 rings (SSSR count). The molecule has 1 amide bonds. The van der Waals surface area contributed by atoms with Gasteiger partial charge in [0.1, 0.15) is 24.4 Å². The standard InChI is InChI=1S/C23H24F2N4O5S.C7H6FNO2/c1-2-34-23(31)19-11-17(13-26)21(27-20(19)12-24)29-9-7-16(8-10-29)22(30)28-35(32,33)14-15-3-5-18(25)6-4-15;8-5-11-7(10)6-2-1-3-9-4-6/h3-6,11,16H,2,7-10,12,14H2,1H3,(H,28,30);1-4H,5H2. The minimum Gasteiger partial charge on any atom is -0.462 e. The quantitative estimate of drug-likeness (QED) is 0.314. The first-order valence-electron chi connectivity index (χ1n) is 13.9. The fourth-order valence-corrected chi connectivity index (χ4v) is 5.57. The number of rotatable bonds is 10. The second-order valence-electron chi connectivity index (χ2n) is 9.72. The smallest absolute Gasteiger partial charge is 0.342 e. The Morgan fingerprint density at radius 3 is 2.35 bits per heavy atom. The third-order valence-electron chi connectivity index (χ3n) is 6.60. The molecule has 12 nitrogen and oxygen atoms in total. The van der Waals surface area contributed by atoms with E-state index in [4.69, 9.17) is 4.74 Å². The molecule has 0 saturated carbocycles. The Labute approximate surface area is 263 Å². The van der Waals surface area contributed by atoms with Crippen LogP contribution in [-0.4, -0.2) is 62.8 Å². The van der Waals surface area contributed by atoms with Crippen molar-refractivity contribution in [1.29, 1.82) is 5.26 Å². The number of nitriles is 1. The molecule has 46 heavy (non-hydrogen) atoms. The summed E-state index contributed by atoms with van der Waals surface area (Å²) >= 11 is 0. The van der Waals surface area contributed by atoms with Crippen LogP contribution in [0.5, 0.6) is 0 Å². The zero-order valence-electron chi connectivity index (χ0n) is 24.6. The van der Waals surface area contributed by atoms with Crippen molar-refractivity contribution in [3.63, 3.8) is 0 Å². The Kier molecular flexibility index (Phi) is 13.0. The maximum Gasteiger partial charge on any atom is 0.342 e. The Bertz CT molecular complexity index is 1660. The number of carbonyl (C=O) groups is 3. The van der Waals surface area contributed by atoms with Crippen molar-refractivity contribution in [2.24, 2.45) is 5.92 Å².